The monoisotopic (exact) mass is 397 g/mol. The maximum atomic E-state index is 12.7. The minimum atomic E-state index is -3.79. The van der Waals surface area contributed by atoms with Gasteiger partial charge in [-0.3, -0.25) is 4.79 Å². The molecule has 0 radical (unpaired) electrons. The molecule has 1 unspecified atom stereocenters. The van der Waals surface area contributed by atoms with Crippen LogP contribution in [0.4, 0.5) is 0 Å². The van der Waals surface area contributed by atoms with E-state index < -0.39 is 10.0 Å². The lowest BCUT2D eigenvalue weighted by molar-refractivity contribution is 0.0915. The van der Waals surface area contributed by atoms with Crippen molar-refractivity contribution in [1.82, 2.24) is 10.0 Å². The third-order valence-electron chi connectivity index (χ3n) is 4.90. The number of sulfonamides is 1. The van der Waals surface area contributed by atoms with Crippen LogP contribution < -0.4 is 20.5 Å². The maximum absolute atomic E-state index is 12.7. The van der Waals surface area contributed by atoms with Gasteiger partial charge in [-0.25, -0.2) is 13.1 Å². The first-order chi connectivity index (χ1) is 12.8. The number of amides is 1. The van der Waals surface area contributed by atoms with Crippen molar-refractivity contribution in [3.05, 3.63) is 23.8 Å². The third kappa shape index (κ3) is 5.67. The zero-order chi connectivity index (χ0) is 20.0. The van der Waals surface area contributed by atoms with Crippen LogP contribution in [0.3, 0.4) is 0 Å². The lowest BCUT2D eigenvalue weighted by Crippen LogP contribution is -2.46. The molecular formula is C19H31N3O4S. The Labute approximate surface area is 162 Å². The lowest BCUT2D eigenvalue weighted by Gasteiger charge is -2.30. The summed E-state index contributed by atoms with van der Waals surface area (Å²) >= 11 is 0. The highest BCUT2D eigenvalue weighted by Gasteiger charge is 2.26. The molecule has 0 saturated heterocycles. The number of nitrogens with two attached hydrogens (primary N) is 1. The van der Waals surface area contributed by atoms with E-state index in [2.05, 4.69) is 10.0 Å². The van der Waals surface area contributed by atoms with E-state index in [1.165, 1.54) is 25.7 Å². The number of rotatable bonds is 8. The summed E-state index contributed by atoms with van der Waals surface area (Å²) in [5, 5.41) is 2.99. The fourth-order valence-corrected chi connectivity index (χ4v) is 5.01. The van der Waals surface area contributed by atoms with Gasteiger partial charge in [0.15, 0.2) is 0 Å². The summed E-state index contributed by atoms with van der Waals surface area (Å²) in [5.74, 6) is 0.249. The van der Waals surface area contributed by atoms with Crippen LogP contribution >= 0.6 is 0 Å². The molecule has 0 heterocycles. The summed E-state index contributed by atoms with van der Waals surface area (Å²) in [5.41, 5.74) is 6.16. The average molecular weight is 398 g/mol. The van der Waals surface area contributed by atoms with Crippen LogP contribution in [0.15, 0.2) is 23.1 Å². The molecule has 8 heteroatoms. The Morgan fingerprint density at radius 2 is 1.93 bits per heavy atom. The molecule has 1 aromatic rings. The highest BCUT2D eigenvalue weighted by Crippen LogP contribution is 2.27. The molecule has 152 valence electrons. The first kappa shape index (κ1) is 21.7. The molecule has 1 amide bonds. The second-order valence-corrected chi connectivity index (χ2v) is 9.04. The van der Waals surface area contributed by atoms with Crippen molar-refractivity contribution in [2.24, 2.45) is 11.7 Å². The quantitative estimate of drug-likeness (QED) is 0.621. The van der Waals surface area contributed by atoms with E-state index in [1.807, 2.05) is 0 Å². The van der Waals surface area contributed by atoms with Crippen molar-refractivity contribution >= 4 is 15.9 Å². The molecule has 7 nitrogen and oxygen atoms in total. The Morgan fingerprint density at radius 1 is 1.26 bits per heavy atom. The number of benzene rings is 1. The van der Waals surface area contributed by atoms with Gasteiger partial charge in [0.25, 0.3) is 5.91 Å². The van der Waals surface area contributed by atoms with E-state index in [4.69, 9.17) is 10.5 Å². The average Bonchev–Trinajstić information content (AvgIpc) is 2.65. The molecule has 2 rings (SSSR count). The zero-order valence-corrected chi connectivity index (χ0v) is 17.1. The Hall–Kier alpha value is -1.64. The summed E-state index contributed by atoms with van der Waals surface area (Å²) < 4.78 is 32.9. The molecule has 0 bridgehead atoms. The predicted molar refractivity (Wildman–Crippen MR) is 105 cm³/mol. The van der Waals surface area contributed by atoms with E-state index in [9.17, 15) is 13.2 Å². The van der Waals surface area contributed by atoms with Gasteiger partial charge in [-0.1, -0.05) is 19.3 Å². The highest BCUT2D eigenvalue weighted by atomic mass is 32.2. The van der Waals surface area contributed by atoms with E-state index >= 15 is 0 Å². The van der Waals surface area contributed by atoms with Crippen LogP contribution in [-0.4, -0.2) is 40.1 Å². The Bertz CT molecular complexity index is 743. The van der Waals surface area contributed by atoms with Crippen LogP contribution in [0.2, 0.25) is 0 Å². The van der Waals surface area contributed by atoms with Gasteiger partial charge >= 0.3 is 0 Å². The number of carbonyl (C=O) groups is 1. The molecule has 1 aliphatic rings. The van der Waals surface area contributed by atoms with Gasteiger partial charge in [-0.15, -0.1) is 0 Å². The first-order valence-electron chi connectivity index (χ1n) is 9.49. The highest BCUT2D eigenvalue weighted by molar-refractivity contribution is 7.89. The first-order valence-corrected chi connectivity index (χ1v) is 11.0. The third-order valence-corrected chi connectivity index (χ3v) is 6.58. The number of hydrogen-bond donors (Lipinski definition) is 3. The molecule has 1 aromatic carbocycles. The molecule has 4 N–H and O–H groups in total. The second-order valence-electron chi connectivity index (χ2n) is 7.36. The minimum Gasteiger partial charge on any atom is -0.495 e. The van der Waals surface area contributed by atoms with E-state index in [-0.39, 0.29) is 34.2 Å². The van der Waals surface area contributed by atoms with Gasteiger partial charge in [0.2, 0.25) is 10.0 Å². The van der Waals surface area contributed by atoms with Crippen molar-refractivity contribution in [1.29, 1.82) is 0 Å². The SMILES string of the molecule is COc1ccc(C(=O)NC(CN)C2CCCCC2)cc1S(=O)(=O)NC(C)C. The number of carbonyl (C=O) groups excluding carboxylic acids is 1. The summed E-state index contributed by atoms with van der Waals surface area (Å²) in [6.07, 6.45) is 5.65. The number of nitrogens with one attached hydrogen (secondary N) is 2. The lowest BCUT2D eigenvalue weighted by atomic mass is 9.84. The molecule has 27 heavy (non-hydrogen) atoms. The maximum Gasteiger partial charge on any atom is 0.251 e. The van der Waals surface area contributed by atoms with Crippen molar-refractivity contribution in [2.75, 3.05) is 13.7 Å². The molecule has 1 saturated carbocycles. The molecule has 0 spiro atoms. The van der Waals surface area contributed by atoms with Crippen LogP contribution in [0.5, 0.6) is 5.75 Å². The Morgan fingerprint density at radius 3 is 2.48 bits per heavy atom. The smallest absolute Gasteiger partial charge is 0.251 e. The second kappa shape index (κ2) is 9.52. The largest absolute Gasteiger partial charge is 0.495 e. The molecule has 1 atom stereocenters. The van der Waals surface area contributed by atoms with Gasteiger partial charge < -0.3 is 15.8 Å². The van der Waals surface area contributed by atoms with Gasteiger partial charge in [0.1, 0.15) is 10.6 Å². The molecular weight excluding hydrogens is 366 g/mol. The summed E-state index contributed by atoms with van der Waals surface area (Å²) in [7, 11) is -2.39. The normalized spacial score (nSPS) is 16.9. The molecule has 1 aliphatic carbocycles. The molecule has 0 aromatic heterocycles. The van der Waals surface area contributed by atoms with E-state index in [0.29, 0.717) is 12.5 Å². The Kier molecular flexibility index (Phi) is 7.64. The van der Waals surface area contributed by atoms with Crippen molar-refractivity contribution in [3.8, 4) is 5.75 Å². The van der Waals surface area contributed by atoms with E-state index in [1.54, 1.807) is 19.9 Å². The minimum absolute atomic E-state index is 0.0479. The summed E-state index contributed by atoms with van der Waals surface area (Å²) in [6.45, 7) is 3.83. The van der Waals surface area contributed by atoms with Gasteiger partial charge in [0.05, 0.1) is 7.11 Å². The van der Waals surface area contributed by atoms with Crippen molar-refractivity contribution < 1.29 is 17.9 Å². The van der Waals surface area contributed by atoms with Gasteiger partial charge in [-0.2, -0.15) is 0 Å². The number of methoxy groups -OCH3 is 1. The van der Waals surface area contributed by atoms with Gasteiger partial charge in [0, 0.05) is 24.2 Å². The predicted octanol–water partition coefficient (Wildman–Crippen LogP) is 2.02. The number of hydrogen-bond acceptors (Lipinski definition) is 5. The zero-order valence-electron chi connectivity index (χ0n) is 16.3. The summed E-state index contributed by atoms with van der Waals surface area (Å²) in [6, 6.07) is 4.05. The van der Waals surface area contributed by atoms with Crippen LogP contribution in [0.25, 0.3) is 0 Å². The van der Waals surface area contributed by atoms with E-state index in [0.717, 1.165) is 25.7 Å². The van der Waals surface area contributed by atoms with Crippen molar-refractivity contribution in [3.63, 3.8) is 0 Å². The van der Waals surface area contributed by atoms with Crippen LogP contribution in [0.1, 0.15) is 56.3 Å². The summed E-state index contributed by atoms with van der Waals surface area (Å²) in [4.78, 5) is 12.7. The fourth-order valence-electron chi connectivity index (χ4n) is 3.56. The van der Waals surface area contributed by atoms with Crippen LogP contribution in [0, 0.1) is 5.92 Å². The number of ether oxygens (including phenoxy) is 1. The van der Waals surface area contributed by atoms with Crippen LogP contribution in [-0.2, 0) is 10.0 Å². The van der Waals surface area contributed by atoms with Crippen molar-refractivity contribution in [2.45, 2.75) is 62.9 Å². The topological polar surface area (TPSA) is 111 Å². The van der Waals surface area contributed by atoms with Gasteiger partial charge in [-0.05, 0) is 50.8 Å². The standard InChI is InChI=1S/C19H31N3O4S/c1-13(2)22-27(24,25)18-11-15(9-10-17(18)26-3)19(23)21-16(12-20)14-7-5-4-6-8-14/h9-11,13-14,16,22H,4-8,12,20H2,1-3H3,(H,21,23). The molecule has 0 aliphatic heterocycles. The fraction of sp³-hybridized carbons (Fsp3) is 0.632. The Balaban J connectivity index is 2.24. The molecule has 1 fully saturated rings.